The first-order valence-electron chi connectivity index (χ1n) is 12.5. The van der Waals surface area contributed by atoms with Crippen molar-refractivity contribution in [2.45, 2.75) is 94.2 Å². The molecule has 2 fully saturated rings. The quantitative estimate of drug-likeness (QED) is 0.438. The lowest BCUT2D eigenvalue weighted by molar-refractivity contribution is 0.348. The second-order valence-electron chi connectivity index (χ2n) is 10.0. The van der Waals surface area contributed by atoms with Crippen molar-refractivity contribution in [2.75, 3.05) is 14.1 Å². The molecule has 1 aromatic carbocycles. The molecule has 1 aromatic rings. The van der Waals surface area contributed by atoms with E-state index in [1.807, 2.05) is 0 Å². The fourth-order valence-electron chi connectivity index (χ4n) is 5.91. The molecular formula is C27H41NOP2. The SMILES string of the molecule is C[C@@H](C1=CC=CC1[P@@H](=O)c1ccccc1P(C1CCCCC1)C1CCCCC1)N(C)C. The maximum absolute atomic E-state index is 14.2. The van der Waals surface area contributed by atoms with E-state index >= 15 is 0 Å². The summed E-state index contributed by atoms with van der Waals surface area (Å²) in [7, 11) is 2.08. The molecule has 0 amide bonds. The molecule has 3 aliphatic carbocycles. The summed E-state index contributed by atoms with van der Waals surface area (Å²) >= 11 is 0. The number of hydrogen-bond donors (Lipinski definition) is 0. The van der Waals surface area contributed by atoms with Crippen LogP contribution in [0.1, 0.15) is 71.1 Å². The number of likely N-dealkylation sites (N-methyl/N-ethyl adjacent to an activating group) is 1. The van der Waals surface area contributed by atoms with Gasteiger partial charge in [0.2, 0.25) is 0 Å². The molecule has 3 atom stereocenters. The minimum Gasteiger partial charge on any atom is -0.321 e. The third kappa shape index (κ3) is 5.29. The molecule has 0 saturated heterocycles. The zero-order valence-corrected chi connectivity index (χ0v) is 21.6. The van der Waals surface area contributed by atoms with Crippen molar-refractivity contribution in [3.63, 3.8) is 0 Å². The molecule has 31 heavy (non-hydrogen) atoms. The van der Waals surface area contributed by atoms with Crippen LogP contribution in [0.5, 0.6) is 0 Å². The normalized spacial score (nSPS) is 25.2. The Hall–Kier alpha value is -0.680. The van der Waals surface area contributed by atoms with Crippen LogP contribution < -0.4 is 10.6 Å². The predicted octanol–water partition coefficient (Wildman–Crippen LogP) is 6.46. The van der Waals surface area contributed by atoms with Crippen molar-refractivity contribution in [3.8, 4) is 0 Å². The van der Waals surface area contributed by atoms with Crippen LogP contribution in [0.3, 0.4) is 0 Å². The highest BCUT2D eigenvalue weighted by Crippen LogP contribution is 2.55. The lowest BCUT2D eigenvalue weighted by Gasteiger charge is -2.39. The Morgan fingerprint density at radius 3 is 2.10 bits per heavy atom. The average Bonchev–Trinajstić information content (AvgIpc) is 3.30. The first-order chi connectivity index (χ1) is 15.1. The van der Waals surface area contributed by atoms with Gasteiger partial charge in [0.15, 0.2) is 0 Å². The highest BCUT2D eigenvalue weighted by Gasteiger charge is 2.35. The molecule has 0 N–H and O–H groups in total. The minimum absolute atomic E-state index is 0.0816. The van der Waals surface area contributed by atoms with Crippen LogP contribution in [0.25, 0.3) is 0 Å². The number of allylic oxidation sites excluding steroid dienone is 3. The minimum atomic E-state index is -1.94. The maximum Gasteiger partial charge on any atom is 0.115 e. The lowest BCUT2D eigenvalue weighted by Crippen LogP contribution is -2.34. The van der Waals surface area contributed by atoms with Gasteiger partial charge >= 0.3 is 0 Å². The molecule has 0 aliphatic heterocycles. The topological polar surface area (TPSA) is 20.3 Å². The number of rotatable bonds is 7. The second kappa shape index (κ2) is 11.0. The number of hydrogen-bond acceptors (Lipinski definition) is 2. The molecule has 4 heteroatoms. The van der Waals surface area contributed by atoms with E-state index in [-0.39, 0.29) is 13.6 Å². The van der Waals surface area contributed by atoms with E-state index < -0.39 is 7.80 Å². The first kappa shape index (κ1) is 23.5. The highest BCUT2D eigenvalue weighted by molar-refractivity contribution is 7.69. The molecule has 0 spiro atoms. The predicted molar refractivity (Wildman–Crippen MR) is 140 cm³/mol. The lowest BCUT2D eigenvalue weighted by atomic mass is 9.99. The first-order valence-corrected chi connectivity index (χ1v) is 15.5. The van der Waals surface area contributed by atoms with Gasteiger partial charge in [-0.05, 0) is 68.9 Å². The Kier molecular flexibility index (Phi) is 8.30. The van der Waals surface area contributed by atoms with Crippen LogP contribution in [-0.2, 0) is 4.57 Å². The van der Waals surface area contributed by atoms with Crippen LogP contribution in [0.2, 0.25) is 0 Å². The van der Waals surface area contributed by atoms with E-state index in [9.17, 15) is 4.57 Å². The van der Waals surface area contributed by atoms with E-state index in [1.54, 1.807) is 0 Å². The van der Waals surface area contributed by atoms with Crippen LogP contribution in [-0.4, -0.2) is 42.0 Å². The van der Waals surface area contributed by atoms with Crippen LogP contribution >= 0.6 is 15.7 Å². The summed E-state index contributed by atoms with van der Waals surface area (Å²) in [6.45, 7) is 2.24. The van der Waals surface area contributed by atoms with E-state index in [2.05, 4.69) is 68.4 Å². The Morgan fingerprint density at radius 2 is 1.52 bits per heavy atom. The number of nitrogens with zero attached hydrogens (tertiary/aromatic N) is 1. The molecule has 0 aromatic heterocycles. The van der Waals surface area contributed by atoms with Crippen molar-refractivity contribution in [1.29, 1.82) is 0 Å². The summed E-state index contributed by atoms with van der Waals surface area (Å²) in [5.41, 5.74) is 3.09. The molecule has 2 nitrogen and oxygen atoms in total. The van der Waals surface area contributed by atoms with Gasteiger partial charge in [-0.1, -0.05) is 88.9 Å². The monoisotopic (exact) mass is 457 g/mol. The van der Waals surface area contributed by atoms with Gasteiger partial charge in [0.1, 0.15) is 7.80 Å². The van der Waals surface area contributed by atoms with Gasteiger partial charge in [-0.2, -0.15) is 0 Å². The molecule has 4 rings (SSSR count). The van der Waals surface area contributed by atoms with Crippen molar-refractivity contribution >= 4 is 26.3 Å². The third-order valence-corrected chi connectivity index (χ3v) is 13.7. The molecular weight excluding hydrogens is 416 g/mol. The van der Waals surface area contributed by atoms with Gasteiger partial charge in [0.05, 0.1) is 5.66 Å². The molecule has 0 heterocycles. The summed E-state index contributed by atoms with van der Waals surface area (Å²) in [6, 6.07) is 9.28. The third-order valence-electron chi connectivity index (χ3n) is 7.87. The zero-order valence-electron chi connectivity index (χ0n) is 19.7. The molecule has 0 bridgehead atoms. The summed E-state index contributed by atoms with van der Waals surface area (Å²) < 4.78 is 14.2. The maximum atomic E-state index is 14.2. The summed E-state index contributed by atoms with van der Waals surface area (Å²) in [6.07, 6.45) is 20.5. The van der Waals surface area contributed by atoms with Gasteiger partial charge in [0.25, 0.3) is 0 Å². The van der Waals surface area contributed by atoms with E-state index in [4.69, 9.17) is 0 Å². The standard InChI is InChI=1S/C27H41NOP2/c1-21(28(2)3)24-17-12-20-25(24)31(29)27-19-11-10-18-26(27)30(22-13-6-4-7-14-22)23-15-8-5-9-16-23/h10-12,17-23,25,31H,4-9,13-16H2,1-3H3/t21-,25?/m0/s1. The summed E-state index contributed by atoms with van der Waals surface area (Å²) in [5, 5.41) is 2.72. The Balaban J connectivity index is 1.67. The van der Waals surface area contributed by atoms with Gasteiger partial charge in [-0.3, -0.25) is 0 Å². The second-order valence-corrected chi connectivity index (χ2v) is 14.7. The van der Waals surface area contributed by atoms with Crippen molar-refractivity contribution in [3.05, 3.63) is 48.1 Å². The van der Waals surface area contributed by atoms with Gasteiger partial charge < -0.3 is 9.46 Å². The Morgan fingerprint density at radius 1 is 0.935 bits per heavy atom. The smallest absolute Gasteiger partial charge is 0.115 e. The fraction of sp³-hybridized carbons (Fsp3) is 0.630. The molecule has 3 aliphatic rings. The van der Waals surface area contributed by atoms with Crippen LogP contribution in [0, 0.1) is 0 Å². The average molecular weight is 458 g/mol. The highest BCUT2D eigenvalue weighted by atomic mass is 31.1. The van der Waals surface area contributed by atoms with Crippen molar-refractivity contribution in [1.82, 2.24) is 4.90 Å². The molecule has 0 radical (unpaired) electrons. The Labute approximate surface area is 192 Å². The zero-order chi connectivity index (χ0) is 21.8. The van der Waals surface area contributed by atoms with Gasteiger partial charge in [0, 0.05) is 11.3 Å². The largest absolute Gasteiger partial charge is 0.321 e. The van der Waals surface area contributed by atoms with Crippen molar-refractivity contribution < 1.29 is 4.57 Å². The van der Waals surface area contributed by atoms with E-state index in [0.717, 1.165) is 11.3 Å². The van der Waals surface area contributed by atoms with Crippen LogP contribution in [0.15, 0.2) is 48.1 Å². The molecule has 1 unspecified atom stereocenters. The van der Waals surface area contributed by atoms with E-state index in [0.29, 0.717) is 6.04 Å². The molecule has 170 valence electrons. The van der Waals surface area contributed by atoms with E-state index in [1.165, 1.54) is 80.4 Å². The van der Waals surface area contributed by atoms with Gasteiger partial charge in [-0.25, -0.2) is 0 Å². The van der Waals surface area contributed by atoms with Crippen molar-refractivity contribution in [2.24, 2.45) is 0 Å². The van der Waals surface area contributed by atoms with Crippen LogP contribution in [0.4, 0.5) is 0 Å². The Bertz CT molecular complexity index is 800. The number of benzene rings is 1. The van der Waals surface area contributed by atoms with Gasteiger partial charge in [-0.15, -0.1) is 0 Å². The summed E-state index contributed by atoms with van der Waals surface area (Å²) in [4.78, 5) is 2.24. The fourth-order valence-corrected chi connectivity index (χ4v) is 12.3. The summed E-state index contributed by atoms with van der Waals surface area (Å²) in [5.74, 6) is 0. The molecule has 2 saturated carbocycles.